The third kappa shape index (κ3) is 3.76. The SMILES string of the molecule is CCc1c(-c2ccnc(C(F)F)c2)c2cc(Br)cnc2n1S(=O)(=O)c1ccc(C)cc1. The number of pyridine rings is 2. The number of halogens is 3. The van der Waals surface area contributed by atoms with E-state index >= 15 is 0 Å². The van der Waals surface area contributed by atoms with Crippen LogP contribution >= 0.6 is 15.9 Å². The zero-order valence-electron chi connectivity index (χ0n) is 16.7. The van der Waals surface area contributed by atoms with E-state index < -0.39 is 16.4 Å². The molecule has 0 radical (unpaired) electrons. The van der Waals surface area contributed by atoms with Crippen molar-refractivity contribution >= 4 is 37.0 Å². The third-order valence-corrected chi connectivity index (χ3v) is 7.19. The van der Waals surface area contributed by atoms with Crippen LogP contribution in [0.1, 0.15) is 30.3 Å². The first-order valence-electron chi connectivity index (χ1n) is 9.49. The van der Waals surface area contributed by atoms with E-state index in [1.807, 2.05) is 13.8 Å². The second-order valence-electron chi connectivity index (χ2n) is 7.05. The summed E-state index contributed by atoms with van der Waals surface area (Å²) in [6.07, 6.45) is 0.434. The predicted octanol–water partition coefficient (Wildman–Crippen LogP) is 5.91. The monoisotopic (exact) mass is 505 g/mol. The molecule has 3 heterocycles. The number of rotatable bonds is 5. The summed E-state index contributed by atoms with van der Waals surface area (Å²) in [5.74, 6) is 0. The second-order valence-corrected chi connectivity index (χ2v) is 9.75. The largest absolute Gasteiger partial charge is 0.280 e. The van der Waals surface area contributed by atoms with Crippen molar-refractivity contribution in [2.24, 2.45) is 0 Å². The summed E-state index contributed by atoms with van der Waals surface area (Å²) in [6.45, 7) is 3.70. The van der Waals surface area contributed by atoms with Gasteiger partial charge in [-0.3, -0.25) is 4.98 Å². The number of alkyl halides is 2. The molecule has 0 aliphatic carbocycles. The van der Waals surface area contributed by atoms with Crippen LogP contribution in [-0.4, -0.2) is 22.4 Å². The van der Waals surface area contributed by atoms with Crippen LogP contribution in [0.3, 0.4) is 0 Å². The Morgan fingerprint density at radius 1 is 1.10 bits per heavy atom. The van der Waals surface area contributed by atoms with E-state index in [0.717, 1.165) is 5.56 Å². The minimum Gasteiger partial charge on any atom is -0.255 e. The lowest BCUT2D eigenvalue weighted by Crippen LogP contribution is -2.16. The highest BCUT2D eigenvalue weighted by atomic mass is 79.9. The number of aryl methyl sites for hydroxylation is 1. The van der Waals surface area contributed by atoms with Gasteiger partial charge in [-0.05, 0) is 65.2 Å². The molecule has 3 aromatic heterocycles. The Morgan fingerprint density at radius 3 is 2.45 bits per heavy atom. The van der Waals surface area contributed by atoms with Crippen molar-refractivity contribution in [3.63, 3.8) is 0 Å². The van der Waals surface area contributed by atoms with Gasteiger partial charge in [0.2, 0.25) is 0 Å². The quantitative estimate of drug-likeness (QED) is 0.338. The van der Waals surface area contributed by atoms with Gasteiger partial charge >= 0.3 is 0 Å². The van der Waals surface area contributed by atoms with E-state index in [-0.39, 0.29) is 16.2 Å². The molecule has 160 valence electrons. The molecular weight excluding hydrogens is 488 g/mol. The summed E-state index contributed by atoms with van der Waals surface area (Å²) in [6, 6.07) is 11.2. The fourth-order valence-electron chi connectivity index (χ4n) is 3.60. The maximum Gasteiger partial charge on any atom is 0.280 e. The molecule has 0 spiro atoms. The van der Waals surface area contributed by atoms with Gasteiger partial charge in [0.15, 0.2) is 5.65 Å². The van der Waals surface area contributed by atoms with E-state index in [9.17, 15) is 17.2 Å². The van der Waals surface area contributed by atoms with Crippen molar-refractivity contribution in [2.75, 3.05) is 0 Å². The molecule has 0 atom stereocenters. The predicted molar refractivity (Wildman–Crippen MR) is 119 cm³/mol. The van der Waals surface area contributed by atoms with Crippen LogP contribution in [-0.2, 0) is 16.4 Å². The van der Waals surface area contributed by atoms with E-state index in [1.165, 1.54) is 22.4 Å². The van der Waals surface area contributed by atoms with Gasteiger partial charge in [-0.15, -0.1) is 0 Å². The van der Waals surface area contributed by atoms with Crippen LogP contribution < -0.4 is 0 Å². The molecule has 4 aromatic rings. The maximum absolute atomic E-state index is 13.6. The van der Waals surface area contributed by atoms with Gasteiger partial charge < -0.3 is 0 Å². The number of fused-ring (bicyclic) bond motifs is 1. The van der Waals surface area contributed by atoms with Gasteiger partial charge in [0, 0.05) is 33.5 Å². The highest BCUT2D eigenvalue weighted by molar-refractivity contribution is 9.10. The third-order valence-electron chi connectivity index (χ3n) is 5.02. The highest BCUT2D eigenvalue weighted by Gasteiger charge is 2.28. The summed E-state index contributed by atoms with van der Waals surface area (Å²) in [4.78, 5) is 8.23. The molecule has 0 bridgehead atoms. The Morgan fingerprint density at radius 2 is 1.81 bits per heavy atom. The molecular formula is C22H18BrF2N3O2S. The van der Waals surface area contributed by atoms with E-state index in [1.54, 1.807) is 36.4 Å². The van der Waals surface area contributed by atoms with Crippen molar-refractivity contribution < 1.29 is 17.2 Å². The van der Waals surface area contributed by atoms with Crippen LogP contribution in [0.5, 0.6) is 0 Å². The zero-order valence-corrected chi connectivity index (χ0v) is 19.1. The molecule has 5 nitrogen and oxygen atoms in total. The second kappa shape index (κ2) is 8.12. The van der Waals surface area contributed by atoms with Crippen molar-refractivity contribution in [3.05, 3.63) is 76.3 Å². The van der Waals surface area contributed by atoms with Gasteiger partial charge in [0.1, 0.15) is 5.69 Å². The topological polar surface area (TPSA) is 64.8 Å². The van der Waals surface area contributed by atoms with Gasteiger partial charge in [0.25, 0.3) is 16.4 Å². The summed E-state index contributed by atoms with van der Waals surface area (Å²) in [5.41, 5.74) is 2.28. The number of hydrogen-bond donors (Lipinski definition) is 0. The Hall–Kier alpha value is -2.65. The first kappa shape index (κ1) is 21.6. The molecule has 1 aromatic carbocycles. The Balaban J connectivity index is 2.09. The molecule has 0 saturated heterocycles. The number of hydrogen-bond acceptors (Lipinski definition) is 4. The van der Waals surface area contributed by atoms with Gasteiger partial charge in [-0.1, -0.05) is 24.6 Å². The van der Waals surface area contributed by atoms with Crippen LogP contribution in [0.2, 0.25) is 0 Å². The van der Waals surface area contributed by atoms with Crippen molar-refractivity contribution in [1.82, 2.24) is 13.9 Å². The molecule has 0 unspecified atom stereocenters. The fraction of sp³-hybridized carbons (Fsp3) is 0.182. The lowest BCUT2D eigenvalue weighted by molar-refractivity contribution is 0.146. The number of nitrogens with zero attached hydrogens (tertiary/aromatic N) is 3. The Kier molecular flexibility index (Phi) is 5.65. The average Bonchev–Trinajstić information content (AvgIpc) is 3.08. The van der Waals surface area contributed by atoms with E-state index in [0.29, 0.717) is 33.1 Å². The average molecular weight is 506 g/mol. The molecule has 0 fully saturated rings. The molecule has 31 heavy (non-hydrogen) atoms. The van der Waals surface area contributed by atoms with Crippen molar-refractivity contribution in [3.8, 4) is 11.1 Å². The minimum absolute atomic E-state index is 0.129. The zero-order chi connectivity index (χ0) is 22.3. The standard InChI is InChI=1S/C22H18BrF2N3O2S/c1-3-19-20(14-8-9-26-18(10-14)21(24)25)17-11-15(23)12-27-22(17)28(19)31(29,30)16-6-4-13(2)5-7-16/h4-12,21H,3H2,1-2H3. The van der Waals surface area contributed by atoms with E-state index in [4.69, 9.17) is 0 Å². The minimum atomic E-state index is -3.98. The molecule has 0 aliphatic heterocycles. The summed E-state index contributed by atoms with van der Waals surface area (Å²) >= 11 is 3.38. The molecule has 0 aliphatic rings. The smallest absolute Gasteiger partial charge is 0.255 e. The van der Waals surface area contributed by atoms with Crippen molar-refractivity contribution in [2.45, 2.75) is 31.6 Å². The molecule has 9 heteroatoms. The van der Waals surface area contributed by atoms with Crippen LogP contribution in [0.15, 0.2) is 64.2 Å². The van der Waals surface area contributed by atoms with Crippen LogP contribution in [0.25, 0.3) is 22.2 Å². The lowest BCUT2D eigenvalue weighted by Gasteiger charge is -2.12. The first-order chi connectivity index (χ1) is 14.7. The molecule has 4 rings (SSSR count). The molecule has 0 N–H and O–H groups in total. The van der Waals surface area contributed by atoms with Gasteiger partial charge in [0.05, 0.1) is 4.90 Å². The number of benzene rings is 1. The van der Waals surface area contributed by atoms with Crippen molar-refractivity contribution in [1.29, 1.82) is 0 Å². The van der Waals surface area contributed by atoms with Crippen LogP contribution in [0, 0.1) is 6.92 Å². The summed E-state index contributed by atoms with van der Waals surface area (Å²) in [7, 11) is -3.98. The van der Waals surface area contributed by atoms with Crippen LogP contribution in [0.4, 0.5) is 8.78 Å². The maximum atomic E-state index is 13.6. The van der Waals surface area contributed by atoms with E-state index in [2.05, 4.69) is 25.9 Å². The van der Waals surface area contributed by atoms with Gasteiger partial charge in [-0.25, -0.2) is 26.2 Å². The number of aromatic nitrogens is 3. The first-order valence-corrected chi connectivity index (χ1v) is 11.7. The Bertz CT molecular complexity index is 1380. The highest BCUT2D eigenvalue weighted by Crippen LogP contribution is 2.38. The summed E-state index contributed by atoms with van der Waals surface area (Å²) < 4.78 is 55.7. The normalized spacial score (nSPS) is 12.1. The lowest BCUT2D eigenvalue weighted by atomic mass is 10.0. The molecule has 0 amide bonds. The fourth-order valence-corrected chi connectivity index (χ4v) is 5.51. The van der Waals surface area contributed by atoms with Gasteiger partial charge in [-0.2, -0.15) is 0 Å². The Labute approximate surface area is 187 Å². The molecule has 0 saturated carbocycles. The summed E-state index contributed by atoms with van der Waals surface area (Å²) in [5, 5.41) is 0.549.